The molecule has 0 unspecified atom stereocenters. The summed E-state index contributed by atoms with van der Waals surface area (Å²) in [5, 5.41) is 19.3. The number of thioether (sulfide) groups is 1. The number of aromatic nitrogens is 5. The number of amides is 2. The van der Waals surface area contributed by atoms with E-state index < -0.39 is 0 Å². The molecule has 106 valence electrons. The average molecular weight is 293 g/mol. The molecule has 0 saturated carbocycles. The SMILES string of the molecule is CSCC[C@H](NC(=O)Nc1ccncc1)c1nn[nH]n1. The predicted molar refractivity (Wildman–Crippen MR) is 76.3 cm³/mol. The van der Waals surface area contributed by atoms with Crippen molar-refractivity contribution in [2.24, 2.45) is 0 Å². The zero-order valence-corrected chi connectivity index (χ0v) is 11.7. The molecule has 3 N–H and O–H groups in total. The van der Waals surface area contributed by atoms with Gasteiger partial charge in [0.25, 0.3) is 0 Å². The van der Waals surface area contributed by atoms with Gasteiger partial charge in [0.15, 0.2) is 5.82 Å². The van der Waals surface area contributed by atoms with Crippen LogP contribution in [0.4, 0.5) is 10.5 Å². The minimum Gasteiger partial charge on any atom is -0.328 e. The summed E-state index contributed by atoms with van der Waals surface area (Å²) in [4.78, 5) is 15.8. The molecule has 2 rings (SSSR count). The van der Waals surface area contributed by atoms with E-state index in [-0.39, 0.29) is 12.1 Å². The summed E-state index contributed by atoms with van der Waals surface area (Å²) >= 11 is 1.69. The number of rotatable bonds is 6. The monoisotopic (exact) mass is 293 g/mol. The number of nitrogens with zero attached hydrogens (tertiary/aromatic N) is 4. The number of carbonyl (C=O) groups excluding carboxylic acids is 1. The molecule has 2 heterocycles. The van der Waals surface area contributed by atoms with E-state index in [9.17, 15) is 4.79 Å². The summed E-state index contributed by atoms with van der Waals surface area (Å²) in [6.07, 6.45) is 5.95. The Balaban J connectivity index is 1.95. The summed E-state index contributed by atoms with van der Waals surface area (Å²) in [5.74, 6) is 1.36. The summed E-state index contributed by atoms with van der Waals surface area (Å²) < 4.78 is 0. The number of H-pyrrole nitrogens is 1. The first kappa shape index (κ1) is 14.3. The number of nitrogens with one attached hydrogen (secondary N) is 3. The lowest BCUT2D eigenvalue weighted by Crippen LogP contribution is -2.33. The third-order valence-corrected chi connectivity index (χ3v) is 3.17. The number of hydrogen-bond acceptors (Lipinski definition) is 6. The van der Waals surface area contributed by atoms with E-state index in [4.69, 9.17) is 0 Å². The topological polar surface area (TPSA) is 108 Å². The smallest absolute Gasteiger partial charge is 0.319 e. The van der Waals surface area contributed by atoms with Gasteiger partial charge in [-0.25, -0.2) is 4.79 Å². The standard InChI is InChI=1S/C11H15N7OS/c1-20-7-4-9(10-15-17-18-16-10)14-11(19)13-8-2-5-12-6-3-8/h2-3,5-6,9H,4,7H2,1H3,(H2,12,13,14,19)(H,15,16,17,18)/t9-/m0/s1. The molecule has 0 spiro atoms. The van der Waals surface area contributed by atoms with Crippen molar-refractivity contribution < 1.29 is 4.79 Å². The molecule has 20 heavy (non-hydrogen) atoms. The molecular weight excluding hydrogens is 278 g/mol. The summed E-state index contributed by atoms with van der Waals surface area (Å²) in [6, 6.07) is 2.84. The maximum absolute atomic E-state index is 11.9. The highest BCUT2D eigenvalue weighted by atomic mass is 32.2. The molecule has 8 nitrogen and oxygen atoms in total. The van der Waals surface area contributed by atoms with Crippen LogP contribution in [0.5, 0.6) is 0 Å². The van der Waals surface area contributed by atoms with Gasteiger partial charge in [-0.2, -0.15) is 17.0 Å². The zero-order chi connectivity index (χ0) is 14.2. The molecule has 9 heteroatoms. The van der Waals surface area contributed by atoms with Crippen LogP contribution in [0.25, 0.3) is 0 Å². The fourth-order valence-electron chi connectivity index (χ4n) is 1.58. The molecule has 0 aliphatic heterocycles. The van der Waals surface area contributed by atoms with Gasteiger partial charge in [0.1, 0.15) is 0 Å². The Morgan fingerprint density at radius 3 is 2.90 bits per heavy atom. The Morgan fingerprint density at radius 2 is 2.25 bits per heavy atom. The summed E-state index contributed by atoms with van der Waals surface area (Å²) in [5.41, 5.74) is 0.675. The van der Waals surface area contributed by atoms with Crippen molar-refractivity contribution in [3.8, 4) is 0 Å². The molecule has 0 aromatic carbocycles. The minimum absolute atomic E-state index is 0.275. The number of aromatic amines is 1. The highest BCUT2D eigenvalue weighted by Crippen LogP contribution is 2.14. The van der Waals surface area contributed by atoms with Crippen LogP contribution in [0.3, 0.4) is 0 Å². The van der Waals surface area contributed by atoms with Crippen LogP contribution in [0.2, 0.25) is 0 Å². The molecule has 0 bridgehead atoms. The fraction of sp³-hybridized carbons (Fsp3) is 0.364. The quantitative estimate of drug-likeness (QED) is 0.738. The van der Waals surface area contributed by atoms with E-state index in [1.165, 1.54) is 0 Å². The second kappa shape index (κ2) is 7.43. The number of carbonyl (C=O) groups is 1. The molecule has 0 saturated heterocycles. The first-order valence-corrected chi connectivity index (χ1v) is 7.39. The van der Waals surface area contributed by atoms with Gasteiger partial charge < -0.3 is 10.6 Å². The van der Waals surface area contributed by atoms with E-state index in [0.717, 1.165) is 12.2 Å². The number of pyridine rings is 1. The largest absolute Gasteiger partial charge is 0.328 e. The normalized spacial score (nSPS) is 11.8. The summed E-state index contributed by atoms with van der Waals surface area (Å²) in [6.45, 7) is 0. The second-order valence-electron chi connectivity index (χ2n) is 3.94. The maximum Gasteiger partial charge on any atom is 0.319 e. The number of urea groups is 1. The Morgan fingerprint density at radius 1 is 1.45 bits per heavy atom. The maximum atomic E-state index is 11.9. The Kier molecular flexibility index (Phi) is 5.30. The van der Waals surface area contributed by atoms with Gasteiger partial charge in [0.2, 0.25) is 0 Å². The molecule has 0 aliphatic rings. The van der Waals surface area contributed by atoms with Crippen molar-refractivity contribution >= 4 is 23.5 Å². The van der Waals surface area contributed by atoms with Gasteiger partial charge in [-0.3, -0.25) is 4.98 Å². The van der Waals surface area contributed by atoms with E-state index in [0.29, 0.717) is 11.5 Å². The van der Waals surface area contributed by atoms with E-state index in [1.54, 1.807) is 36.3 Å². The molecule has 0 aliphatic carbocycles. The van der Waals surface area contributed by atoms with Crippen molar-refractivity contribution in [3.05, 3.63) is 30.4 Å². The van der Waals surface area contributed by atoms with E-state index in [2.05, 4.69) is 36.2 Å². The highest BCUT2D eigenvalue weighted by Gasteiger charge is 2.18. The van der Waals surface area contributed by atoms with Crippen molar-refractivity contribution in [2.45, 2.75) is 12.5 Å². The van der Waals surface area contributed by atoms with Gasteiger partial charge in [0, 0.05) is 18.1 Å². The molecule has 1 atom stereocenters. The van der Waals surface area contributed by atoms with Crippen molar-refractivity contribution in [2.75, 3.05) is 17.3 Å². The van der Waals surface area contributed by atoms with Gasteiger partial charge in [0.05, 0.1) is 6.04 Å². The number of anilines is 1. The van der Waals surface area contributed by atoms with Gasteiger partial charge in [-0.1, -0.05) is 5.21 Å². The predicted octanol–water partition coefficient (Wildman–Crippen LogP) is 1.21. The fourth-order valence-corrected chi connectivity index (χ4v) is 2.05. The lowest BCUT2D eigenvalue weighted by atomic mass is 10.2. The third-order valence-electron chi connectivity index (χ3n) is 2.53. The molecule has 0 radical (unpaired) electrons. The average Bonchev–Trinajstić information content (AvgIpc) is 2.98. The van der Waals surface area contributed by atoms with Crippen molar-refractivity contribution in [1.29, 1.82) is 0 Å². The van der Waals surface area contributed by atoms with E-state index >= 15 is 0 Å². The van der Waals surface area contributed by atoms with Crippen LogP contribution in [-0.2, 0) is 0 Å². The van der Waals surface area contributed by atoms with Crippen LogP contribution in [-0.4, -0.2) is 43.6 Å². The third kappa shape index (κ3) is 4.19. The Bertz CT molecular complexity index is 519. The lowest BCUT2D eigenvalue weighted by Gasteiger charge is -2.15. The first-order valence-electron chi connectivity index (χ1n) is 5.99. The van der Waals surface area contributed by atoms with Crippen LogP contribution in [0.15, 0.2) is 24.5 Å². The zero-order valence-electron chi connectivity index (χ0n) is 10.9. The summed E-state index contributed by atoms with van der Waals surface area (Å²) in [7, 11) is 0. The number of hydrogen-bond donors (Lipinski definition) is 3. The van der Waals surface area contributed by atoms with Crippen molar-refractivity contribution in [3.63, 3.8) is 0 Å². The molecular formula is C11H15N7OS. The van der Waals surface area contributed by atoms with Crippen LogP contribution in [0, 0.1) is 0 Å². The molecule has 2 amide bonds. The second-order valence-corrected chi connectivity index (χ2v) is 4.92. The van der Waals surface area contributed by atoms with Gasteiger partial charge >= 0.3 is 6.03 Å². The van der Waals surface area contributed by atoms with Crippen LogP contribution < -0.4 is 10.6 Å². The first-order chi connectivity index (χ1) is 9.79. The Hall–Kier alpha value is -2.16. The molecule has 0 fully saturated rings. The van der Waals surface area contributed by atoms with Crippen molar-refractivity contribution in [1.82, 2.24) is 30.9 Å². The van der Waals surface area contributed by atoms with E-state index in [1.807, 2.05) is 6.26 Å². The van der Waals surface area contributed by atoms with Gasteiger partial charge in [-0.15, -0.1) is 10.2 Å². The van der Waals surface area contributed by atoms with Gasteiger partial charge in [-0.05, 0) is 30.6 Å². The minimum atomic E-state index is -0.313. The van der Waals surface area contributed by atoms with Crippen LogP contribution >= 0.6 is 11.8 Å². The number of tetrazole rings is 1. The highest BCUT2D eigenvalue weighted by molar-refractivity contribution is 7.98. The Labute approximate surface area is 120 Å². The molecule has 2 aromatic rings. The molecule has 2 aromatic heterocycles. The lowest BCUT2D eigenvalue weighted by molar-refractivity contribution is 0.247. The van der Waals surface area contributed by atoms with Crippen LogP contribution in [0.1, 0.15) is 18.3 Å².